The number of amides is 1. The Morgan fingerprint density at radius 1 is 1.61 bits per heavy atom. The van der Waals surface area contributed by atoms with Crippen LogP contribution in [-0.2, 0) is 16.0 Å². The quantitative estimate of drug-likeness (QED) is 0.814. The van der Waals surface area contributed by atoms with Gasteiger partial charge in [-0.05, 0) is 24.3 Å². The van der Waals surface area contributed by atoms with E-state index < -0.39 is 0 Å². The minimum atomic E-state index is 0.103. The van der Waals surface area contributed by atoms with E-state index in [1.807, 2.05) is 6.07 Å². The van der Waals surface area contributed by atoms with E-state index in [2.05, 4.69) is 22.1 Å². The molecule has 5 heteroatoms. The molecule has 1 aromatic heterocycles. The molecule has 1 unspecified atom stereocenters. The van der Waals surface area contributed by atoms with Crippen LogP contribution in [0.1, 0.15) is 17.7 Å². The molecule has 0 aromatic carbocycles. The van der Waals surface area contributed by atoms with E-state index >= 15 is 0 Å². The molecule has 0 saturated carbocycles. The number of aryl methyl sites for hydroxylation is 1. The van der Waals surface area contributed by atoms with E-state index in [-0.39, 0.29) is 18.1 Å². The van der Waals surface area contributed by atoms with Crippen molar-refractivity contribution in [3.63, 3.8) is 0 Å². The Labute approximate surface area is 112 Å². The summed E-state index contributed by atoms with van der Waals surface area (Å²) in [4.78, 5) is 13.1. The van der Waals surface area contributed by atoms with Gasteiger partial charge in [-0.25, -0.2) is 0 Å². The predicted molar refractivity (Wildman–Crippen MR) is 72.9 cm³/mol. The van der Waals surface area contributed by atoms with Gasteiger partial charge in [0.2, 0.25) is 5.91 Å². The van der Waals surface area contributed by atoms with Crippen molar-refractivity contribution < 1.29 is 9.53 Å². The van der Waals surface area contributed by atoms with Crippen molar-refractivity contribution in [2.75, 3.05) is 20.2 Å². The highest BCUT2D eigenvalue weighted by atomic mass is 32.1. The fourth-order valence-electron chi connectivity index (χ4n) is 2.20. The molecule has 0 radical (unpaired) electrons. The van der Waals surface area contributed by atoms with Crippen LogP contribution in [0.5, 0.6) is 0 Å². The summed E-state index contributed by atoms with van der Waals surface area (Å²) < 4.78 is 5.31. The molecular formula is C13H20N2O2S. The van der Waals surface area contributed by atoms with Gasteiger partial charge in [0.25, 0.3) is 0 Å². The number of ether oxygens (including phenoxy) is 1. The molecule has 18 heavy (non-hydrogen) atoms. The number of carbonyl (C=O) groups is 1. The standard InChI is InChI=1S/C13H20N2O2S/c1-17-12-9-14-8-11(12)15-13(16)6-2-4-10-5-3-7-18-10/h3,5,7,11-12,14H,2,4,6,8-9H2,1H3,(H,15,16)/t11?,12-/m0/s1. The lowest BCUT2D eigenvalue weighted by molar-refractivity contribution is -0.122. The van der Waals surface area contributed by atoms with Crippen molar-refractivity contribution in [3.8, 4) is 0 Å². The molecular weight excluding hydrogens is 248 g/mol. The summed E-state index contributed by atoms with van der Waals surface area (Å²) in [6.45, 7) is 1.62. The molecule has 1 aliphatic rings. The molecule has 2 heterocycles. The Morgan fingerprint density at radius 3 is 3.22 bits per heavy atom. The number of rotatable bonds is 6. The average molecular weight is 268 g/mol. The minimum absolute atomic E-state index is 0.103. The highest BCUT2D eigenvalue weighted by molar-refractivity contribution is 7.09. The van der Waals surface area contributed by atoms with Crippen LogP contribution in [0.4, 0.5) is 0 Å². The highest BCUT2D eigenvalue weighted by Gasteiger charge is 2.27. The third-order valence-electron chi connectivity index (χ3n) is 3.21. The number of hydrogen-bond acceptors (Lipinski definition) is 4. The van der Waals surface area contributed by atoms with Gasteiger partial charge in [-0.2, -0.15) is 0 Å². The lowest BCUT2D eigenvalue weighted by Crippen LogP contribution is -2.43. The fraction of sp³-hybridized carbons (Fsp3) is 0.615. The fourth-order valence-corrected chi connectivity index (χ4v) is 2.95. The molecule has 0 aliphatic carbocycles. The summed E-state index contributed by atoms with van der Waals surface area (Å²) in [6, 6.07) is 4.28. The van der Waals surface area contributed by atoms with E-state index in [4.69, 9.17) is 4.74 Å². The first-order chi connectivity index (χ1) is 8.79. The Kier molecular flexibility index (Phi) is 5.16. The van der Waals surface area contributed by atoms with Crippen molar-refractivity contribution in [1.82, 2.24) is 10.6 Å². The molecule has 2 N–H and O–H groups in total. The molecule has 0 spiro atoms. The van der Waals surface area contributed by atoms with E-state index in [1.165, 1.54) is 4.88 Å². The third-order valence-corrected chi connectivity index (χ3v) is 4.15. The van der Waals surface area contributed by atoms with Crippen LogP contribution in [0.3, 0.4) is 0 Å². The smallest absolute Gasteiger partial charge is 0.220 e. The van der Waals surface area contributed by atoms with Crippen molar-refractivity contribution in [3.05, 3.63) is 22.4 Å². The number of methoxy groups -OCH3 is 1. The number of hydrogen-bond donors (Lipinski definition) is 2. The molecule has 1 fully saturated rings. The minimum Gasteiger partial charge on any atom is -0.378 e. The van der Waals surface area contributed by atoms with Gasteiger partial charge in [-0.1, -0.05) is 6.07 Å². The lowest BCUT2D eigenvalue weighted by atomic mass is 10.1. The topological polar surface area (TPSA) is 50.4 Å². The Morgan fingerprint density at radius 2 is 2.50 bits per heavy atom. The van der Waals surface area contributed by atoms with E-state index in [1.54, 1.807) is 18.4 Å². The van der Waals surface area contributed by atoms with Crippen molar-refractivity contribution in [2.24, 2.45) is 0 Å². The van der Waals surface area contributed by atoms with Crippen LogP contribution in [0.15, 0.2) is 17.5 Å². The Hall–Kier alpha value is -0.910. The molecule has 4 nitrogen and oxygen atoms in total. The molecule has 2 rings (SSSR count). The summed E-state index contributed by atoms with van der Waals surface area (Å²) in [7, 11) is 1.69. The first-order valence-electron chi connectivity index (χ1n) is 6.35. The molecule has 0 bridgehead atoms. The summed E-state index contributed by atoms with van der Waals surface area (Å²) >= 11 is 1.75. The molecule has 1 amide bonds. The monoisotopic (exact) mass is 268 g/mol. The van der Waals surface area contributed by atoms with Gasteiger partial charge < -0.3 is 15.4 Å². The van der Waals surface area contributed by atoms with Crippen LogP contribution in [0.25, 0.3) is 0 Å². The third kappa shape index (κ3) is 3.80. The van der Waals surface area contributed by atoms with Crippen molar-refractivity contribution >= 4 is 17.2 Å². The second-order valence-corrected chi connectivity index (χ2v) is 5.57. The van der Waals surface area contributed by atoms with Gasteiger partial charge in [0, 0.05) is 31.5 Å². The molecule has 1 aromatic rings. The Bertz CT molecular complexity index is 367. The lowest BCUT2D eigenvalue weighted by Gasteiger charge is -2.18. The first kappa shape index (κ1) is 13.5. The second-order valence-electron chi connectivity index (χ2n) is 4.54. The Balaban J connectivity index is 1.65. The molecule has 1 saturated heterocycles. The van der Waals surface area contributed by atoms with Gasteiger partial charge >= 0.3 is 0 Å². The molecule has 100 valence electrons. The SMILES string of the molecule is CO[C@H]1CNCC1NC(=O)CCCc1cccs1. The summed E-state index contributed by atoms with van der Waals surface area (Å²) in [5.41, 5.74) is 0. The number of nitrogens with one attached hydrogen (secondary N) is 2. The van der Waals surface area contributed by atoms with E-state index in [9.17, 15) is 4.79 Å². The summed E-state index contributed by atoms with van der Waals surface area (Å²) in [5, 5.41) is 8.33. The summed E-state index contributed by atoms with van der Waals surface area (Å²) in [5.74, 6) is 0.127. The predicted octanol–water partition coefficient (Wildman–Crippen LogP) is 1.17. The van der Waals surface area contributed by atoms with Gasteiger partial charge in [0.1, 0.15) is 0 Å². The first-order valence-corrected chi connectivity index (χ1v) is 7.23. The van der Waals surface area contributed by atoms with E-state index in [0.29, 0.717) is 6.42 Å². The zero-order chi connectivity index (χ0) is 12.8. The number of carbonyl (C=O) groups excluding carboxylic acids is 1. The maximum Gasteiger partial charge on any atom is 0.220 e. The van der Waals surface area contributed by atoms with Gasteiger partial charge in [-0.15, -0.1) is 11.3 Å². The van der Waals surface area contributed by atoms with Crippen LogP contribution < -0.4 is 10.6 Å². The zero-order valence-electron chi connectivity index (χ0n) is 10.6. The van der Waals surface area contributed by atoms with Crippen molar-refractivity contribution in [2.45, 2.75) is 31.4 Å². The normalized spacial score (nSPS) is 23.2. The highest BCUT2D eigenvalue weighted by Crippen LogP contribution is 2.12. The molecule has 1 aliphatic heterocycles. The van der Waals surface area contributed by atoms with Gasteiger partial charge in [-0.3, -0.25) is 4.79 Å². The second kappa shape index (κ2) is 6.87. The van der Waals surface area contributed by atoms with Gasteiger partial charge in [0.05, 0.1) is 12.1 Å². The van der Waals surface area contributed by atoms with Crippen LogP contribution >= 0.6 is 11.3 Å². The zero-order valence-corrected chi connectivity index (χ0v) is 11.5. The van der Waals surface area contributed by atoms with Crippen LogP contribution in [-0.4, -0.2) is 38.3 Å². The van der Waals surface area contributed by atoms with Crippen LogP contribution in [0, 0.1) is 0 Å². The summed E-state index contributed by atoms with van der Waals surface area (Å²) in [6.07, 6.45) is 2.59. The maximum atomic E-state index is 11.8. The largest absolute Gasteiger partial charge is 0.378 e. The maximum absolute atomic E-state index is 11.8. The number of thiophene rings is 1. The molecule has 2 atom stereocenters. The van der Waals surface area contributed by atoms with E-state index in [0.717, 1.165) is 25.9 Å². The average Bonchev–Trinajstić information content (AvgIpc) is 3.00. The van der Waals surface area contributed by atoms with Crippen LogP contribution in [0.2, 0.25) is 0 Å². The van der Waals surface area contributed by atoms with Crippen molar-refractivity contribution in [1.29, 1.82) is 0 Å². The van der Waals surface area contributed by atoms with Gasteiger partial charge in [0.15, 0.2) is 0 Å².